The second-order valence-electron chi connectivity index (χ2n) is 7.59. The summed E-state index contributed by atoms with van der Waals surface area (Å²) in [6.45, 7) is 4.67. The molecule has 33 heavy (non-hydrogen) atoms. The maximum absolute atomic E-state index is 12.6. The lowest BCUT2D eigenvalue weighted by Crippen LogP contribution is -2.23. The monoisotopic (exact) mass is 465 g/mol. The van der Waals surface area contributed by atoms with E-state index < -0.39 is 28.3 Å². The van der Waals surface area contributed by atoms with E-state index in [1.807, 2.05) is 37.3 Å². The van der Waals surface area contributed by atoms with Crippen molar-refractivity contribution in [1.29, 1.82) is 5.26 Å². The number of carbonyl (C=O) groups is 2. The SMILES string of the molecule is Cc1ccc(S(C)(=O)=O)cc1C(=O)OCC(=O)Nc1c(C#N)c(C)c(C)n1-c1ccccc1. The van der Waals surface area contributed by atoms with Crippen LogP contribution in [0.5, 0.6) is 0 Å². The maximum atomic E-state index is 12.6. The highest BCUT2D eigenvalue weighted by Gasteiger charge is 2.22. The van der Waals surface area contributed by atoms with Crippen LogP contribution in [-0.4, -0.2) is 37.7 Å². The van der Waals surface area contributed by atoms with Crippen molar-refractivity contribution >= 4 is 27.5 Å². The number of ether oxygens (including phenoxy) is 1. The summed E-state index contributed by atoms with van der Waals surface area (Å²) in [6, 6.07) is 15.5. The minimum absolute atomic E-state index is 0.0187. The molecular formula is C24H23N3O5S. The van der Waals surface area contributed by atoms with Crippen LogP contribution in [0.2, 0.25) is 0 Å². The molecule has 0 radical (unpaired) electrons. The van der Waals surface area contributed by atoms with E-state index in [1.165, 1.54) is 18.2 Å². The number of carbonyl (C=O) groups excluding carboxylic acids is 2. The molecule has 1 heterocycles. The second kappa shape index (κ2) is 9.30. The van der Waals surface area contributed by atoms with E-state index in [4.69, 9.17) is 4.74 Å². The van der Waals surface area contributed by atoms with E-state index in [-0.39, 0.29) is 16.3 Å². The number of aryl methyl sites for hydroxylation is 1. The predicted molar refractivity (Wildman–Crippen MR) is 123 cm³/mol. The number of hydrogen-bond acceptors (Lipinski definition) is 6. The minimum Gasteiger partial charge on any atom is -0.452 e. The first-order valence-electron chi connectivity index (χ1n) is 9.99. The van der Waals surface area contributed by atoms with Crippen LogP contribution in [0.1, 0.15) is 32.7 Å². The zero-order valence-electron chi connectivity index (χ0n) is 18.7. The van der Waals surface area contributed by atoms with Crippen LogP contribution < -0.4 is 5.32 Å². The van der Waals surface area contributed by atoms with Gasteiger partial charge < -0.3 is 10.1 Å². The molecule has 2 aromatic carbocycles. The Hall–Kier alpha value is -3.90. The number of nitrogens with zero attached hydrogens (tertiary/aromatic N) is 2. The number of sulfone groups is 1. The minimum atomic E-state index is -3.51. The molecule has 0 atom stereocenters. The van der Waals surface area contributed by atoms with Crippen LogP contribution in [0.15, 0.2) is 53.4 Å². The van der Waals surface area contributed by atoms with Gasteiger partial charge >= 0.3 is 5.97 Å². The van der Waals surface area contributed by atoms with Crippen molar-refractivity contribution in [2.45, 2.75) is 25.7 Å². The number of benzene rings is 2. The van der Waals surface area contributed by atoms with Gasteiger partial charge in [0.05, 0.1) is 16.0 Å². The Balaban J connectivity index is 1.82. The maximum Gasteiger partial charge on any atom is 0.338 e. The van der Waals surface area contributed by atoms with Gasteiger partial charge in [-0.3, -0.25) is 9.36 Å². The Kier molecular flexibility index (Phi) is 6.70. The summed E-state index contributed by atoms with van der Waals surface area (Å²) in [7, 11) is -3.51. The standard InChI is InChI=1S/C24H23N3O5S/c1-15-10-11-19(33(4,30)31)12-20(15)24(29)32-14-22(28)26-23-21(13-25)16(2)17(3)27(23)18-8-6-5-7-9-18/h5-12H,14H2,1-4H3,(H,26,28). The van der Waals surface area contributed by atoms with E-state index in [2.05, 4.69) is 11.4 Å². The van der Waals surface area contributed by atoms with Gasteiger partial charge in [0.15, 0.2) is 16.4 Å². The lowest BCUT2D eigenvalue weighted by atomic mass is 10.1. The van der Waals surface area contributed by atoms with Gasteiger partial charge in [-0.1, -0.05) is 24.3 Å². The fraction of sp³-hybridized carbons (Fsp3) is 0.208. The Morgan fingerprint density at radius 3 is 2.36 bits per heavy atom. The van der Waals surface area contributed by atoms with Crippen molar-refractivity contribution in [3.63, 3.8) is 0 Å². The van der Waals surface area contributed by atoms with Crippen molar-refractivity contribution in [2.75, 3.05) is 18.2 Å². The van der Waals surface area contributed by atoms with Crippen LogP contribution >= 0.6 is 0 Å². The molecule has 0 fully saturated rings. The zero-order valence-corrected chi connectivity index (χ0v) is 19.5. The van der Waals surface area contributed by atoms with Gasteiger partial charge in [0.1, 0.15) is 11.9 Å². The van der Waals surface area contributed by atoms with Gasteiger partial charge in [0.2, 0.25) is 0 Å². The van der Waals surface area contributed by atoms with Gasteiger partial charge in [-0.05, 0) is 56.2 Å². The zero-order chi connectivity index (χ0) is 24.3. The average Bonchev–Trinajstić information content (AvgIpc) is 3.01. The third kappa shape index (κ3) is 4.96. The Labute approximate surface area is 192 Å². The molecule has 0 aliphatic rings. The van der Waals surface area contributed by atoms with E-state index in [1.54, 1.807) is 18.4 Å². The highest BCUT2D eigenvalue weighted by molar-refractivity contribution is 7.90. The Morgan fingerprint density at radius 2 is 1.76 bits per heavy atom. The molecule has 0 unspecified atom stereocenters. The lowest BCUT2D eigenvalue weighted by molar-refractivity contribution is -0.119. The first-order valence-corrected chi connectivity index (χ1v) is 11.9. The molecule has 0 bridgehead atoms. The largest absolute Gasteiger partial charge is 0.452 e. The molecule has 0 aliphatic heterocycles. The van der Waals surface area contributed by atoms with Crippen molar-refractivity contribution in [2.24, 2.45) is 0 Å². The molecule has 0 aliphatic carbocycles. The topological polar surface area (TPSA) is 118 Å². The number of aromatic nitrogens is 1. The van der Waals surface area contributed by atoms with Crippen molar-refractivity contribution in [3.8, 4) is 11.8 Å². The highest BCUT2D eigenvalue weighted by atomic mass is 32.2. The molecule has 1 aromatic heterocycles. The van der Waals surface area contributed by atoms with Crippen LogP contribution in [0.25, 0.3) is 5.69 Å². The van der Waals surface area contributed by atoms with Gasteiger partial charge in [0.25, 0.3) is 5.91 Å². The molecule has 1 amide bonds. The Bertz CT molecular complexity index is 1380. The summed E-state index contributed by atoms with van der Waals surface area (Å²) in [5.41, 5.74) is 3.17. The van der Waals surface area contributed by atoms with Gasteiger partial charge in [-0.2, -0.15) is 5.26 Å². The van der Waals surface area contributed by atoms with E-state index in [0.717, 1.165) is 23.2 Å². The smallest absolute Gasteiger partial charge is 0.338 e. The molecule has 170 valence electrons. The quantitative estimate of drug-likeness (QED) is 0.557. The third-order valence-corrected chi connectivity index (χ3v) is 6.40. The third-order valence-electron chi connectivity index (χ3n) is 5.29. The molecule has 0 spiro atoms. The first kappa shape index (κ1) is 23.8. The summed E-state index contributed by atoms with van der Waals surface area (Å²) < 4.78 is 30.5. The van der Waals surface area contributed by atoms with E-state index in [9.17, 15) is 23.3 Å². The number of esters is 1. The summed E-state index contributed by atoms with van der Waals surface area (Å²) in [6.07, 6.45) is 1.04. The van der Waals surface area contributed by atoms with Gasteiger partial charge in [-0.15, -0.1) is 0 Å². The van der Waals surface area contributed by atoms with Crippen LogP contribution in [0, 0.1) is 32.1 Å². The average molecular weight is 466 g/mol. The number of nitriles is 1. The van der Waals surface area contributed by atoms with Crippen molar-refractivity contribution in [3.05, 3.63) is 76.5 Å². The summed E-state index contributed by atoms with van der Waals surface area (Å²) in [5, 5.41) is 12.3. The van der Waals surface area contributed by atoms with Crippen molar-refractivity contribution in [1.82, 2.24) is 4.57 Å². The first-order chi connectivity index (χ1) is 15.5. The second-order valence-corrected chi connectivity index (χ2v) is 9.61. The lowest BCUT2D eigenvalue weighted by Gasteiger charge is -2.13. The summed E-state index contributed by atoms with van der Waals surface area (Å²) in [5.74, 6) is -1.17. The molecule has 1 N–H and O–H groups in total. The fourth-order valence-electron chi connectivity index (χ4n) is 3.39. The molecule has 0 saturated heterocycles. The normalized spacial score (nSPS) is 11.0. The highest BCUT2D eigenvalue weighted by Crippen LogP contribution is 2.29. The van der Waals surface area contributed by atoms with Crippen LogP contribution in [0.4, 0.5) is 5.82 Å². The van der Waals surface area contributed by atoms with E-state index in [0.29, 0.717) is 11.1 Å². The van der Waals surface area contributed by atoms with Crippen LogP contribution in [-0.2, 0) is 19.4 Å². The Morgan fingerprint density at radius 1 is 1.09 bits per heavy atom. The van der Waals surface area contributed by atoms with Gasteiger partial charge in [0, 0.05) is 17.6 Å². The molecule has 0 saturated carbocycles. The fourth-order valence-corrected chi connectivity index (χ4v) is 4.04. The number of anilines is 1. The van der Waals surface area contributed by atoms with E-state index >= 15 is 0 Å². The van der Waals surface area contributed by atoms with Crippen LogP contribution in [0.3, 0.4) is 0 Å². The number of para-hydroxylation sites is 1. The molecule has 3 rings (SSSR count). The predicted octanol–water partition coefficient (Wildman–Crippen LogP) is 3.47. The number of amides is 1. The molecule has 8 nitrogen and oxygen atoms in total. The number of nitrogens with one attached hydrogen (secondary N) is 1. The van der Waals surface area contributed by atoms with Crippen molar-refractivity contribution < 1.29 is 22.7 Å². The number of hydrogen-bond donors (Lipinski definition) is 1. The number of rotatable bonds is 6. The summed E-state index contributed by atoms with van der Waals surface area (Å²) >= 11 is 0. The molecule has 9 heteroatoms. The molecular weight excluding hydrogens is 442 g/mol. The van der Waals surface area contributed by atoms with Gasteiger partial charge in [-0.25, -0.2) is 13.2 Å². The summed E-state index contributed by atoms with van der Waals surface area (Å²) in [4.78, 5) is 25.1. The molecule has 3 aromatic rings.